The molecule has 6 nitrogen and oxygen atoms in total. The number of nitrogens with zero attached hydrogens (tertiary/aromatic N) is 3. The molecule has 3 aromatic rings. The number of rotatable bonds is 5. The minimum Gasteiger partial charge on any atom is -0.370 e. The highest BCUT2D eigenvalue weighted by molar-refractivity contribution is 5.74. The van der Waals surface area contributed by atoms with Crippen LogP contribution in [-0.4, -0.2) is 26.5 Å². The summed E-state index contributed by atoms with van der Waals surface area (Å²) in [7, 11) is 0. The number of hydrogen-bond acceptors (Lipinski definition) is 5. The van der Waals surface area contributed by atoms with Gasteiger partial charge >= 0.3 is 0 Å². The highest BCUT2D eigenvalue weighted by Gasteiger charge is 2.11. The number of aromatic amines is 1. The van der Waals surface area contributed by atoms with Crippen molar-refractivity contribution in [1.29, 1.82) is 0 Å². The van der Waals surface area contributed by atoms with Crippen LogP contribution >= 0.6 is 0 Å². The van der Waals surface area contributed by atoms with Crippen molar-refractivity contribution in [2.75, 3.05) is 17.2 Å². The Balaban J connectivity index is 1.79. The second-order valence-corrected chi connectivity index (χ2v) is 4.80. The van der Waals surface area contributed by atoms with Crippen LogP contribution in [0.5, 0.6) is 0 Å². The Kier molecular flexibility index (Phi) is 3.68. The molecule has 21 heavy (non-hydrogen) atoms. The topological polar surface area (TPSA) is 78.5 Å². The zero-order chi connectivity index (χ0) is 14.7. The normalized spacial score (nSPS) is 12.3. The number of H-pyrrole nitrogens is 1. The molecule has 0 saturated carbocycles. The van der Waals surface area contributed by atoms with E-state index in [2.05, 4.69) is 30.6 Å². The molecule has 0 aliphatic rings. The average molecular weight is 282 g/mol. The number of anilines is 2. The Morgan fingerprint density at radius 2 is 2.05 bits per heavy atom. The van der Waals surface area contributed by atoms with E-state index in [-0.39, 0.29) is 6.04 Å². The monoisotopic (exact) mass is 282 g/mol. The summed E-state index contributed by atoms with van der Waals surface area (Å²) in [4.78, 5) is 16.5. The predicted octanol–water partition coefficient (Wildman–Crippen LogP) is 2.96. The molecule has 108 valence electrons. The van der Waals surface area contributed by atoms with Crippen molar-refractivity contribution in [3.63, 3.8) is 0 Å². The molecule has 6 heteroatoms. The van der Waals surface area contributed by atoms with Crippen LogP contribution in [0.4, 0.5) is 11.8 Å². The summed E-state index contributed by atoms with van der Waals surface area (Å²) in [6.45, 7) is 4.89. The maximum atomic E-state index is 4.58. The molecule has 1 atom stereocenters. The van der Waals surface area contributed by atoms with Crippen LogP contribution in [0.2, 0.25) is 0 Å². The predicted molar refractivity (Wildman–Crippen MR) is 84.3 cm³/mol. The van der Waals surface area contributed by atoms with E-state index in [1.165, 1.54) is 0 Å². The van der Waals surface area contributed by atoms with Gasteiger partial charge in [-0.2, -0.15) is 4.98 Å². The number of fused-ring (bicyclic) bond motifs is 1. The van der Waals surface area contributed by atoms with Crippen LogP contribution in [0.25, 0.3) is 11.0 Å². The van der Waals surface area contributed by atoms with Crippen molar-refractivity contribution in [3.8, 4) is 0 Å². The molecule has 0 aliphatic heterocycles. The molecule has 0 spiro atoms. The third-order valence-electron chi connectivity index (χ3n) is 3.18. The number of imidazole rings is 1. The minimum absolute atomic E-state index is 0.00530. The Hall–Kier alpha value is -2.63. The van der Waals surface area contributed by atoms with Crippen LogP contribution in [0.3, 0.4) is 0 Å². The Morgan fingerprint density at radius 3 is 2.86 bits per heavy atom. The number of benzene rings is 1. The molecular formula is C15H18N6. The first-order chi connectivity index (χ1) is 10.3. The van der Waals surface area contributed by atoms with Gasteiger partial charge in [0.1, 0.15) is 11.6 Å². The molecule has 0 aliphatic carbocycles. The summed E-state index contributed by atoms with van der Waals surface area (Å²) >= 11 is 0. The smallest absolute Gasteiger partial charge is 0.225 e. The molecule has 1 aromatic carbocycles. The summed E-state index contributed by atoms with van der Waals surface area (Å²) in [5, 5.41) is 6.43. The average Bonchev–Trinajstić information content (AvgIpc) is 2.92. The second kappa shape index (κ2) is 5.78. The summed E-state index contributed by atoms with van der Waals surface area (Å²) in [5.41, 5.74) is 1.99. The minimum atomic E-state index is -0.00530. The van der Waals surface area contributed by atoms with Crippen molar-refractivity contribution >= 4 is 22.8 Å². The lowest BCUT2D eigenvalue weighted by Crippen LogP contribution is -2.11. The third-order valence-corrected chi connectivity index (χ3v) is 3.18. The Bertz CT molecular complexity index is 703. The molecule has 0 amide bonds. The van der Waals surface area contributed by atoms with Crippen molar-refractivity contribution in [1.82, 2.24) is 19.9 Å². The van der Waals surface area contributed by atoms with E-state index in [0.717, 1.165) is 29.2 Å². The van der Waals surface area contributed by atoms with Gasteiger partial charge in [0.05, 0.1) is 17.1 Å². The van der Waals surface area contributed by atoms with Crippen LogP contribution in [0.1, 0.15) is 25.7 Å². The quantitative estimate of drug-likeness (QED) is 0.670. The highest BCUT2D eigenvalue weighted by atomic mass is 15.2. The standard InChI is InChI=1S/C15H18N6/c1-3-16-13-8-9-17-15(21-13)18-10(2)14-19-11-6-4-5-7-12(11)20-14/h4-10H,3H2,1-2H3,(H,19,20)(H2,16,17,18,21)/t10-/m1/s1. The van der Waals surface area contributed by atoms with Crippen molar-refractivity contribution in [2.24, 2.45) is 0 Å². The van der Waals surface area contributed by atoms with Gasteiger partial charge < -0.3 is 15.6 Å². The van der Waals surface area contributed by atoms with E-state index < -0.39 is 0 Å². The first-order valence-corrected chi connectivity index (χ1v) is 7.04. The van der Waals surface area contributed by atoms with Gasteiger partial charge in [0.2, 0.25) is 5.95 Å². The van der Waals surface area contributed by atoms with Gasteiger partial charge in [0, 0.05) is 12.7 Å². The SMILES string of the molecule is CCNc1ccnc(N[C@H](C)c2nc3ccccc3[nH]2)n1. The van der Waals surface area contributed by atoms with Gasteiger partial charge in [0.15, 0.2) is 0 Å². The fraction of sp³-hybridized carbons (Fsp3) is 0.267. The molecule has 0 saturated heterocycles. The van der Waals surface area contributed by atoms with Gasteiger partial charge in [-0.15, -0.1) is 0 Å². The number of hydrogen-bond donors (Lipinski definition) is 3. The maximum absolute atomic E-state index is 4.58. The molecule has 3 N–H and O–H groups in total. The van der Waals surface area contributed by atoms with Gasteiger partial charge in [-0.1, -0.05) is 12.1 Å². The fourth-order valence-electron chi connectivity index (χ4n) is 2.15. The highest BCUT2D eigenvalue weighted by Crippen LogP contribution is 2.18. The van der Waals surface area contributed by atoms with Crippen molar-refractivity contribution < 1.29 is 0 Å². The lowest BCUT2D eigenvalue weighted by Gasteiger charge is -2.12. The fourth-order valence-corrected chi connectivity index (χ4v) is 2.15. The molecule has 0 radical (unpaired) electrons. The second-order valence-electron chi connectivity index (χ2n) is 4.80. The van der Waals surface area contributed by atoms with Crippen molar-refractivity contribution in [3.05, 3.63) is 42.4 Å². The Labute approximate surface area is 123 Å². The summed E-state index contributed by atoms with van der Waals surface area (Å²) < 4.78 is 0. The first kappa shape index (κ1) is 13.4. The first-order valence-electron chi connectivity index (χ1n) is 7.04. The number of aromatic nitrogens is 4. The van der Waals surface area contributed by atoms with E-state index in [9.17, 15) is 0 Å². The van der Waals surface area contributed by atoms with Gasteiger partial charge in [-0.3, -0.25) is 0 Å². The zero-order valence-electron chi connectivity index (χ0n) is 12.1. The molecule has 2 aromatic heterocycles. The van der Waals surface area contributed by atoms with E-state index >= 15 is 0 Å². The van der Waals surface area contributed by atoms with E-state index in [1.807, 2.05) is 44.2 Å². The van der Waals surface area contributed by atoms with Crippen LogP contribution < -0.4 is 10.6 Å². The van der Waals surface area contributed by atoms with Crippen LogP contribution in [-0.2, 0) is 0 Å². The van der Waals surface area contributed by atoms with Crippen molar-refractivity contribution in [2.45, 2.75) is 19.9 Å². The van der Waals surface area contributed by atoms with E-state index in [1.54, 1.807) is 6.20 Å². The van der Waals surface area contributed by atoms with E-state index in [4.69, 9.17) is 0 Å². The lowest BCUT2D eigenvalue weighted by molar-refractivity contribution is 0.800. The summed E-state index contributed by atoms with van der Waals surface area (Å²) in [6, 6.07) is 9.82. The maximum Gasteiger partial charge on any atom is 0.225 e. The van der Waals surface area contributed by atoms with Crippen LogP contribution in [0.15, 0.2) is 36.5 Å². The molecular weight excluding hydrogens is 264 g/mol. The Morgan fingerprint density at radius 1 is 1.19 bits per heavy atom. The number of nitrogens with one attached hydrogen (secondary N) is 3. The molecule has 2 heterocycles. The van der Waals surface area contributed by atoms with Gasteiger partial charge in [0.25, 0.3) is 0 Å². The molecule has 0 bridgehead atoms. The van der Waals surface area contributed by atoms with Crippen LogP contribution in [0, 0.1) is 0 Å². The lowest BCUT2D eigenvalue weighted by atomic mass is 10.3. The molecule has 0 fully saturated rings. The van der Waals surface area contributed by atoms with Gasteiger partial charge in [-0.05, 0) is 32.0 Å². The largest absolute Gasteiger partial charge is 0.370 e. The summed E-state index contributed by atoms with van der Waals surface area (Å²) in [6.07, 6.45) is 1.73. The molecule has 0 unspecified atom stereocenters. The summed E-state index contributed by atoms with van der Waals surface area (Å²) in [5.74, 6) is 2.27. The molecule has 3 rings (SSSR count). The van der Waals surface area contributed by atoms with E-state index in [0.29, 0.717) is 5.95 Å². The third kappa shape index (κ3) is 2.94. The zero-order valence-corrected chi connectivity index (χ0v) is 12.1. The van der Waals surface area contributed by atoms with Gasteiger partial charge in [-0.25, -0.2) is 9.97 Å². The number of para-hydroxylation sites is 2.